The van der Waals surface area contributed by atoms with Gasteiger partial charge in [-0.1, -0.05) is 12.1 Å². The minimum atomic E-state index is -1.18. The number of alkyl carbamates (subject to hydrolysis) is 1. The molecule has 0 saturated carbocycles. The number of nitrogens with one attached hydrogen (secondary N) is 2. The summed E-state index contributed by atoms with van der Waals surface area (Å²) in [5.41, 5.74) is -0.604. The Morgan fingerprint density at radius 1 is 1.08 bits per heavy atom. The van der Waals surface area contributed by atoms with E-state index in [0.717, 1.165) is 0 Å². The molecule has 0 fully saturated rings. The molecule has 1 aromatic rings. The van der Waals surface area contributed by atoms with Crippen LogP contribution in [0.1, 0.15) is 40.2 Å². The summed E-state index contributed by atoms with van der Waals surface area (Å²) in [7, 11) is 1.32. The molecule has 0 saturated heterocycles. The Kier molecular flexibility index (Phi) is 6.55. The maximum Gasteiger partial charge on any atom is 0.408 e. The molecule has 0 unspecified atom stereocenters. The molecular formula is C18H26N2O5. The highest BCUT2D eigenvalue weighted by Crippen LogP contribution is 2.15. The molecule has 0 spiro atoms. The fraction of sp³-hybridized carbons (Fsp3) is 0.500. The van der Waals surface area contributed by atoms with Crippen molar-refractivity contribution in [1.82, 2.24) is 5.32 Å². The topological polar surface area (TPSA) is 93.7 Å². The van der Waals surface area contributed by atoms with Gasteiger partial charge < -0.3 is 20.1 Å². The maximum absolute atomic E-state index is 12.5. The van der Waals surface area contributed by atoms with Gasteiger partial charge in [0.05, 0.1) is 13.5 Å². The van der Waals surface area contributed by atoms with E-state index in [9.17, 15) is 14.4 Å². The van der Waals surface area contributed by atoms with Gasteiger partial charge in [0.15, 0.2) is 0 Å². The average molecular weight is 350 g/mol. The number of amides is 2. The van der Waals surface area contributed by atoms with Gasteiger partial charge in [0.1, 0.15) is 11.1 Å². The van der Waals surface area contributed by atoms with E-state index in [-0.39, 0.29) is 12.4 Å². The summed E-state index contributed by atoms with van der Waals surface area (Å²) in [5.74, 6) is -0.774. The second-order valence-corrected chi connectivity index (χ2v) is 7.16. The Labute approximate surface area is 148 Å². The van der Waals surface area contributed by atoms with Crippen molar-refractivity contribution in [2.75, 3.05) is 12.4 Å². The van der Waals surface area contributed by atoms with Crippen LogP contribution in [-0.4, -0.2) is 36.2 Å². The fourth-order valence-corrected chi connectivity index (χ4v) is 1.90. The number of carbonyl (C=O) groups is 3. The summed E-state index contributed by atoms with van der Waals surface area (Å²) in [6.45, 7) is 8.38. The van der Waals surface area contributed by atoms with Crippen LogP contribution < -0.4 is 10.6 Å². The highest BCUT2D eigenvalue weighted by atomic mass is 16.6. The van der Waals surface area contributed by atoms with E-state index >= 15 is 0 Å². The van der Waals surface area contributed by atoms with Crippen LogP contribution in [0.5, 0.6) is 0 Å². The number of ether oxygens (including phenoxy) is 2. The molecule has 0 aliphatic heterocycles. The van der Waals surface area contributed by atoms with Crippen LogP contribution in [0.3, 0.4) is 0 Å². The molecule has 2 amide bonds. The summed E-state index contributed by atoms with van der Waals surface area (Å²) < 4.78 is 9.79. The second-order valence-electron chi connectivity index (χ2n) is 7.16. The van der Waals surface area contributed by atoms with Gasteiger partial charge >= 0.3 is 12.1 Å². The van der Waals surface area contributed by atoms with E-state index in [1.54, 1.807) is 58.9 Å². The van der Waals surface area contributed by atoms with E-state index < -0.39 is 23.1 Å². The van der Waals surface area contributed by atoms with Crippen molar-refractivity contribution in [2.24, 2.45) is 0 Å². The summed E-state index contributed by atoms with van der Waals surface area (Å²) >= 11 is 0. The first-order chi connectivity index (χ1) is 11.4. The van der Waals surface area contributed by atoms with E-state index in [4.69, 9.17) is 4.74 Å². The van der Waals surface area contributed by atoms with Crippen molar-refractivity contribution in [3.8, 4) is 0 Å². The highest BCUT2D eigenvalue weighted by Gasteiger charge is 2.31. The van der Waals surface area contributed by atoms with E-state index in [1.807, 2.05) is 0 Å². The fourth-order valence-electron chi connectivity index (χ4n) is 1.90. The van der Waals surface area contributed by atoms with Gasteiger partial charge in [-0.05, 0) is 52.3 Å². The number of anilines is 1. The molecule has 1 rings (SSSR count). The van der Waals surface area contributed by atoms with Crippen LogP contribution in [-0.2, 0) is 25.5 Å². The molecule has 1 aromatic carbocycles. The Bertz CT molecular complexity index is 647. The van der Waals surface area contributed by atoms with Crippen molar-refractivity contribution >= 4 is 23.7 Å². The van der Waals surface area contributed by atoms with Crippen LogP contribution in [0, 0.1) is 0 Å². The number of benzene rings is 1. The third-order valence-electron chi connectivity index (χ3n) is 3.14. The van der Waals surface area contributed by atoms with Crippen LogP contribution in [0.15, 0.2) is 24.3 Å². The Morgan fingerprint density at radius 2 is 1.72 bits per heavy atom. The minimum Gasteiger partial charge on any atom is -0.469 e. The van der Waals surface area contributed by atoms with Crippen molar-refractivity contribution in [1.29, 1.82) is 0 Å². The van der Waals surface area contributed by atoms with Crippen molar-refractivity contribution in [3.05, 3.63) is 29.8 Å². The number of hydrogen-bond donors (Lipinski definition) is 2. The van der Waals surface area contributed by atoms with Crippen molar-refractivity contribution in [2.45, 2.75) is 52.2 Å². The monoisotopic (exact) mass is 350 g/mol. The second kappa shape index (κ2) is 8.00. The first-order valence-corrected chi connectivity index (χ1v) is 7.91. The molecule has 0 radical (unpaired) electrons. The number of esters is 1. The molecule has 7 nitrogen and oxygen atoms in total. The average Bonchev–Trinajstić information content (AvgIpc) is 2.44. The lowest BCUT2D eigenvalue weighted by atomic mass is 10.0. The zero-order valence-corrected chi connectivity index (χ0v) is 15.6. The minimum absolute atomic E-state index is 0.111. The smallest absolute Gasteiger partial charge is 0.408 e. The summed E-state index contributed by atoms with van der Waals surface area (Å²) in [4.78, 5) is 35.7. The van der Waals surface area contributed by atoms with E-state index in [0.29, 0.717) is 11.3 Å². The van der Waals surface area contributed by atoms with Gasteiger partial charge in [-0.15, -0.1) is 0 Å². The molecule has 138 valence electrons. The standard InChI is InChI=1S/C18H26N2O5/c1-17(2,3)25-16(23)20-18(4,5)15(22)19-13-9-7-8-12(10-13)11-14(21)24-6/h7-10H,11H2,1-6H3,(H,19,22)(H,20,23). The summed E-state index contributed by atoms with van der Waals surface area (Å²) in [5, 5.41) is 5.26. The predicted molar refractivity (Wildman–Crippen MR) is 94.2 cm³/mol. The van der Waals surface area contributed by atoms with E-state index in [2.05, 4.69) is 15.4 Å². The lowest BCUT2D eigenvalue weighted by Crippen LogP contribution is -2.53. The van der Waals surface area contributed by atoms with Gasteiger partial charge in [0.25, 0.3) is 0 Å². The molecule has 7 heteroatoms. The summed E-state index contributed by atoms with van der Waals surface area (Å²) in [6.07, 6.45) is -0.563. The van der Waals surface area contributed by atoms with Crippen LogP contribution in [0.4, 0.5) is 10.5 Å². The Morgan fingerprint density at radius 3 is 2.28 bits per heavy atom. The zero-order chi connectivity index (χ0) is 19.3. The lowest BCUT2D eigenvalue weighted by molar-refractivity contribution is -0.139. The number of rotatable bonds is 5. The predicted octanol–water partition coefficient (Wildman–Crippen LogP) is 2.64. The molecule has 0 heterocycles. The quantitative estimate of drug-likeness (QED) is 0.796. The summed E-state index contributed by atoms with van der Waals surface area (Å²) in [6, 6.07) is 6.86. The van der Waals surface area contributed by atoms with Gasteiger partial charge in [-0.25, -0.2) is 4.79 Å². The molecular weight excluding hydrogens is 324 g/mol. The lowest BCUT2D eigenvalue weighted by Gasteiger charge is -2.27. The first-order valence-electron chi connectivity index (χ1n) is 7.91. The molecule has 0 aliphatic carbocycles. The number of methoxy groups -OCH3 is 1. The van der Waals surface area contributed by atoms with Crippen molar-refractivity contribution < 1.29 is 23.9 Å². The Hall–Kier alpha value is -2.57. The van der Waals surface area contributed by atoms with Gasteiger partial charge in [0, 0.05) is 5.69 Å². The third kappa shape index (κ3) is 7.24. The Balaban J connectivity index is 2.75. The molecule has 0 bridgehead atoms. The molecule has 0 aromatic heterocycles. The van der Waals surface area contributed by atoms with Gasteiger partial charge in [-0.2, -0.15) is 0 Å². The number of hydrogen-bond acceptors (Lipinski definition) is 5. The van der Waals surface area contributed by atoms with Gasteiger partial charge in [0.2, 0.25) is 5.91 Å². The number of carbonyl (C=O) groups excluding carboxylic acids is 3. The zero-order valence-electron chi connectivity index (χ0n) is 15.6. The molecule has 2 N–H and O–H groups in total. The third-order valence-corrected chi connectivity index (χ3v) is 3.14. The van der Waals surface area contributed by atoms with Crippen LogP contribution in [0.2, 0.25) is 0 Å². The van der Waals surface area contributed by atoms with Crippen LogP contribution in [0.25, 0.3) is 0 Å². The van der Waals surface area contributed by atoms with Crippen molar-refractivity contribution in [3.63, 3.8) is 0 Å². The van der Waals surface area contributed by atoms with Crippen LogP contribution >= 0.6 is 0 Å². The largest absolute Gasteiger partial charge is 0.469 e. The normalized spacial score (nSPS) is 11.4. The first kappa shape index (κ1) is 20.5. The highest BCUT2D eigenvalue weighted by molar-refractivity contribution is 5.99. The van der Waals surface area contributed by atoms with E-state index in [1.165, 1.54) is 7.11 Å². The molecule has 25 heavy (non-hydrogen) atoms. The molecule has 0 aliphatic rings. The van der Waals surface area contributed by atoms with Gasteiger partial charge in [-0.3, -0.25) is 9.59 Å². The SMILES string of the molecule is COC(=O)Cc1cccc(NC(=O)C(C)(C)NC(=O)OC(C)(C)C)c1. The molecule has 0 atom stereocenters. The maximum atomic E-state index is 12.5.